The van der Waals surface area contributed by atoms with E-state index >= 15 is 0 Å². The number of carbonyl (C=O) groups is 2. The summed E-state index contributed by atoms with van der Waals surface area (Å²) in [4.78, 5) is 25.7. The van der Waals surface area contributed by atoms with E-state index in [1.807, 2.05) is 0 Å². The van der Waals surface area contributed by atoms with Gasteiger partial charge in [-0.05, 0) is 46.3 Å². The molecule has 2 amide bonds. The maximum Gasteiger partial charge on any atom is 0.260 e. The number of carbonyl (C=O) groups excluding carboxylic acids is 2. The number of fused-ring (bicyclic) bond motifs is 1. The van der Waals surface area contributed by atoms with Crippen LogP contribution in [-0.4, -0.2) is 18.4 Å². The molecule has 6 heteroatoms. The van der Waals surface area contributed by atoms with Crippen molar-refractivity contribution in [2.75, 3.05) is 16.8 Å². The van der Waals surface area contributed by atoms with Gasteiger partial charge in [-0.1, -0.05) is 12.1 Å². The number of anilines is 2. The molecular formula is C15H10BrFN2O2. The van der Waals surface area contributed by atoms with E-state index in [1.54, 1.807) is 24.3 Å². The van der Waals surface area contributed by atoms with Crippen LogP contribution in [0.25, 0.3) is 0 Å². The van der Waals surface area contributed by atoms with Crippen LogP contribution in [0.3, 0.4) is 0 Å². The highest BCUT2D eigenvalue weighted by Crippen LogP contribution is 2.31. The van der Waals surface area contributed by atoms with Gasteiger partial charge in [-0.25, -0.2) is 4.39 Å². The van der Waals surface area contributed by atoms with Gasteiger partial charge in [-0.3, -0.25) is 14.5 Å². The third-order valence-electron chi connectivity index (χ3n) is 3.17. The second-order valence-corrected chi connectivity index (χ2v) is 5.44. The highest BCUT2D eigenvalue weighted by molar-refractivity contribution is 9.10. The van der Waals surface area contributed by atoms with Crippen molar-refractivity contribution in [3.63, 3.8) is 0 Å². The van der Waals surface area contributed by atoms with Gasteiger partial charge < -0.3 is 5.32 Å². The summed E-state index contributed by atoms with van der Waals surface area (Å²) in [5.41, 5.74) is 1.34. The van der Waals surface area contributed by atoms with Crippen molar-refractivity contribution in [1.82, 2.24) is 0 Å². The third kappa shape index (κ3) is 2.54. The van der Waals surface area contributed by atoms with Gasteiger partial charge in [0.2, 0.25) is 5.91 Å². The van der Waals surface area contributed by atoms with E-state index in [0.717, 1.165) is 6.07 Å². The van der Waals surface area contributed by atoms with E-state index in [1.165, 1.54) is 17.0 Å². The summed E-state index contributed by atoms with van der Waals surface area (Å²) < 4.78 is 13.9. The molecule has 0 radical (unpaired) electrons. The average Bonchev–Trinajstić information content (AvgIpc) is 2.48. The zero-order chi connectivity index (χ0) is 15.0. The molecule has 1 aliphatic rings. The predicted octanol–water partition coefficient (Wildman–Crippen LogP) is 3.19. The van der Waals surface area contributed by atoms with Crippen molar-refractivity contribution in [3.05, 3.63) is 58.3 Å². The fraction of sp³-hybridized carbons (Fsp3) is 0.0667. The Kier molecular flexibility index (Phi) is 3.47. The Hall–Kier alpha value is -2.21. The quantitative estimate of drug-likeness (QED) is 0.860. The van der Waals surface area contributed by atoms with Crippen molar-refractivity contribution in [2.45, 2.75) is 0 Å². The molecule has 0 atom stereocenters. The highest BCUT2D eigenvalue weighted by atomic mass is 79.9. The normalized spacial score (nSPS) is 13.6. The summed E-state index contributed by atoms with van der Waals surface area (Å²) in [7, 11) is 0. The van der Waals surface area contributed by atoms with Gasteiger partial charge in [0.25, 0.3) is 5.91 Å². The van der Waals surface area contributed by atoms with Gasteiger partial charge in [0.1, 0.15) is 12.4 Å². The molecule has 2 aromatic rings. The van der Waals surface area contributed by atoms with E-state index in [0.29, 0.717) is 15.8 Å². The maximum absolute atomic E-state index is 13.4. The summed E-state index contributed by atoms with van der Waals surface area (Å²) in [6.07, 6.45) is 0. The summed E-state index contributed by atoms with van der Waals surface area (Å²) in [6, 6.07) is 10.9. The molecule has 1 heterocycles. The minimum absolute atomic E-state index is 0.0984. The first-order valence-electron chi connectivity index (χ1n) is 6.22. The van der Waals surface area contributed by atoms with Crippen LogP contribution in [0.5, 0.6) is 0 Å². The highest BCUT2D eigenvalue weighted by Gasteiger charge is 2.28. The molecule has 0 spiro atoms. The molecule has 1 aliphatic heterocycles. The van der Waals surface area contributed by atoms with Gasteiger partial charge >= 0.3 is 0 Å². The van der Waals surface area contributed by atoms with Crippen LogP contribution in [0.2, 0.25) is 0 Å². The first kappa shape index (κ1) is 13.8. The Balaban J connectivity index is 2.06. The van der Waals surface area contributed by atoms with Crippen LogP contribution in [0.4, 0.5) is 15.8 Å². The van der Waals surface area contributed by atoms with Crippen molar-refractivity contribution >= 4 is 39.1 Å². The van der Waals surface area contributed by atoms with Gasteiger partial charge in [0.05, 0.1) is 16.9 Å². The van der Waals surface area contributed by atoms with E-state index in [-0.39, 0.29) is 18.0 Å². The Labute approximate surface area is 128 Å². The zero-order valence-electron chi connectivity index (χ0n) is 10.8. The van der Waals surface area contributed by atoms with E-state index in [4.69, 9.17) is 0 Å². The molecule has 0 bridgehead atoms. The van der Waals surface area contributed by atoms with Crippen molar-refractivity contribution in [2.24, 2.45) is 0 Å². The molecule has 0 aromatic heterocycles. The van der Waals surface area contributed by atoms with Crippen molar-refractivity contribution in [3.8, 4) is 0 Å². The number of benzene rings is 2. The average molecular weight is 349 g/mol. The summed E-state index contributed by atoms with van der Waals surface area (Å²) in [5.74, 6) is -1.21. The van der Waals surface area contributed by atoms with Crippen LogP contribution >= 0.6 is 15.9 Å². The molecule has 1 N–H and O–H groups in total. The molecule has 4 nitrogen and oxygen atoms in total. The van der Waals surface area contributed by atoms with Crippen molar-refractivity contribution < 1.29 is 14.0 Å². The number of nitrogens with one attached hydrogen (secondary N) is 1. The predicted molar refractivity (Wildman–Crippen MR) is 80.8 cm³/mol. The second kappa shape index (κ2) is 5.29. The standard InChI is InChI=1S/C15H10BrFN2O2/c16-11-6-5-9(17)7-10(11)15(21)19-8-14(20)18-12-3-1-2-4-13(12)19/h1-7H,8H2,(H,18,20). The molecule has 3 rings (SSSR count). The first-order chi connectivity index (χ1) is 10.1. The molecule has 21 heavy (non-hydrogen) atoms. The molecule has 2 aromatic carbocycles. The Morgan fingerprint density at radius 3 is 2.81 bits per heavy atom. The van der Waals surface area contributed by atoms with Crippen LogP contribution in [-0.2, 0) is 4.79 Å². The van der Waals surface area contributed by atoms with Gasteiger partial charge in [-0.15, -0.1) is 0 Å². The van der Waals surface area contributed by atoms with Crippen LogP contribution in [0.15, 0.2) is 46.9 Å². The van der Waals surface area contributed by atoms with Crippen LogP contribution in [0, 0.1) is 5.82 Å². The Morgan fingerprint density at radius 2 is 2.00 bits per heavy atom. The lowest BCUT2D eigenvalue weighted by atomic mass is 10.1. The number of rotatable bonds is 1. The number of nitrogens with zero attached hydrogens (tertiary/aromatic N) is 1. The smallest absolute Gasteiger partial charge is 0.260 e. The van der Waals surface area contributed by atoms with Crippen LogP contribution < -0.4 is 10.2 Å². The number of hydrogen-bond donors (Lipinski definition) is 1. The molecule has 0 saturated carbocycles. The fourth-order valence-electron chi connectivity index (χ4n) is 2.22. The lowest BCUT2D eigenvalue weighted by molar-refractivity contribution is -0.115. The monoisotopic (exact) mass is 348 g/mol. The lowest BCUT2D eigenvalue weighted by Crippen LogP contribution is -2.42. The molecule has 106 valence electrons. The number of para-hydroxylation sites is 2. The van der Waals surface area contributed by atoms with E-state index < -0.39 is 11.7 Å². The molecule has 0 unspecified atom stereocenters. The third-order valence-corrected chi connectivity index (χ3v) is 3.87. The fourth-order valence-corrected chi connectivity index (χ4v) is 2.64. The Morgan fingerprint density at radius 1 is 1.24 bits per heavy atom. The van der Waals surface area contributed by atoms with Gasteiger partial charge in [0, 0.05) is 4.47 Å². The second-order valence-electron chi connectivity index (χ2n) is 4.58. The molecular weight excluding hydrogens is 339 g/mol. The zero-order valence-corrected chi connectivity index (χ0v) is 12.4. The van der Waals surface area contributed by atoms with Crippen LogP contribution in [0.1, 0.15) is 10.4 Å². The number of hydrogen-bond acceptors (Lipinski definition) is 2. The maximum atomic E-state index is 13.4. The molecule has 0 fully saturated rings. The SMILES string of the molecule is O=C1CN(C(=O)c2cc(F)ccc2Br)c2ccccc2N1. The summed E-state index contributed by atoms with van der Waals surface area (Å²) in [5, 5.41) is 2.70. The van der Waals surface area contributed by atoms with Crippen molar-refractivity contribution in [1.29, 1.82) is 0 Å². The minimum Gasteiger partial charge on any atom is -0.323 e. The number of halogens is 2. The van der Waals surface area contributed by atoms with Gasteiger partial charge in [0.15, 0.2) is 0 Å². The lowest BCUT2D eigenvalue weighted by Gasteiger charge is -2.29. The van der Waals surface area contributed by atoms with E-state index in [2.05, 4.69) is 21.2 Å². The minimum atomic E-state index is -0.503. The first-order valence-corrected chi connectivity index (χ1v) is 7.01. The number of amides is 2. The summed E-state index contributed by atoms with van der Waals surface area (Å²) in [6.45, 7) is -0.0984. The molecule has 0 aliphatic carbocycles. The Bertz CT molecular complexity index is 748. The molecule has 0 saturated heterocycles. The van der Waals surface area contributed by atoms with E-state index in [9.17, 15) is 14.0 Å². The topological polar surface area (TPSA) is 49.4 Å². The largest absolute Gasteiger partial charge is 0.323 e. The summed E-state index contributed by atoms with van der Waals surface area (Å²) >= 11 is 3.24. The van der Waals surface area contributed by atoms with Gasteiger partial charge in [-0.2, -0.15) is 0 Å².